The number of carbonyl (C=O) groups is 1. The van der Waals surface area contributed by atoms with Gasteiger partial charge in [-0.3, -0.25) is 9.78 Å². The molecule has 6 nitrogen and oxygen atoms in total. The Morgan fingerprint density at radius 2 is 2.08 bits per heavy atom. The van der Waals surface area contributed by atoms with E-state index in [0.29, 0.717) is 30.1 Å². The van der Waals surface area contributed by atoms with Crippen molar-refractivity contribution in [2.75, 3.05) is 32.5 Å². The van der Waals surface area contributed by atoms with Crippen molar-refractivity contribution in [2.24, 2.45) is 11.8 Å². The Balaban J connectivity index is 1.35. The molecule has 1 aliphatic rings. The quantitative estimate of drug-likeness (QED) is 0.298. The highest BCUT2D eigenvalue weighted by Crippen LogP contribution is 2.36. The second-order valence-corrected chi connectivity index (χ2v) is 10.5. The van der Waals surface area contributed by atoms with Crippen molar-refractivity contribution in [3.8, 4) is 5.75 Å². The number of hydrogen-bond donors (Lipinski definition) is 1. The summed E-state index contributed by atoms with van der Waals surface area (Å²) in [6.45, 7) is 2.77. The molecular formula is C28H34FN3O3S. The van der Waals surface area contributed by atoms with E-state index in [2.05, 4.69) is 14.9 Å². The first-order valence-corrected chi connectivity index (χ1v) is 13.6. The minimum atomic E-state index is -1.10. The number of thioether (sulfide) groups is 1. The molecule has 3 aromatic rings. The van der Waals surface area contributed by atoms with Gasteiger partial charge in [0.05, 0.1) is 17.7 Å². The lowest BCUT2D eigenvalue weighted by Crippen LogP contribution is -2.41. The number of fused-ring (bicyclic) bond motifs is 1. The van der Waals surface area contributed by atoms with Gasteiger partial charge in [-0.05, 0) is 86.0 Å². The number of carboxylic acid groups (broad SMARTS) is 1. The normalized spacial score (nSPS) is 19.3. The van der Waals surface area contributed by atoms with Gasteiger partial charge >= 0.3 is 5.97 Å². The van der Waals surface area contributed by atoms with Crippen LogP contribution in [0.3, 0.4) is 0 Å². The number of piperidine rings is 1. The highest BCUT2D eigenvalue weighted by atomic mass is 32.2. The van der Waals surface area contributed by atoms with Crippen LogP contribution in [0, 0.1) is 11.8 Å². The van der Waals surface area contributed by atoms with Gasteiger partial charge in [-0.1, -0.05) is 6.07 Å². The number of ether oxygens (including phenoxy) is 1. The maximum atomic E-state index is 15.5. The third-order valence-electron chi connectivity index (χ3n) is 7.11. The summed E-state index contributed by atoms with van der Waals surface area (Å²) in [4.78, 5) is 22.4. The van der Waals surface area contributed by atoms with Crippen LogP contribution >= 0.6 is 11.8 Å². The molecule has 0 spiro atoms. The lowest BCUT2D eigenvalue weighted by Gasteiger charge is -2.39. The van der Waals surface area contributed by atoms with Gasteiger partial charge in [0.15, 0.2) is 0 Å². The molecule has 3 heterocycles. The van der Waals surface area contributed by atoms with Gasteiger partial charge in [-0.25, -0.2) is 9.37 Å². The van der Waals surface area contributed by atoms with E-state index in [0.717, 1.165) is 54.2 Å². The van der Waals surface area contributed by atoms with Gasteiger partial charge in [0.2, 0.25) is 0 Å². The number of rotatable bonds is 12. The van der Waals surface area contributed by atoms with Crippen LogP contribution < -0.4 is 4.74 Å². The second kappa shape index (κ2) is 13.0. The molecule has 0 radical (unpaired) electrons. The van der Waals surface area contributed by atoms with Gasteiger partial charge in [-0.2, -0.15) is 0 Å². The monoisotopic (exact) mass is 511 g/mol. The molecule has 1 N–H and O–H groups in total. The van der Waals surface area contributed by atoms with E-state index < -0.39 is 12.1 Å². The average Bonchev–Trinajstić information content (AvgIpc) is 2.91. The van der Waals surface area contributed by atoms with Gasteiger partial charge in [0.25, 0.3) is 0 Å². The fraction of sp³-hybridized carbons (Fsp3) is 0.464. The van der Waals surface area contributed by atoms with Crippen molar-refractivity contribution < 1.29 is 19.0 Å². The summed E-state index contributed by atoms with van der Waals surface area (Å²) in [5, 5.41) is 11.1. The van der Waals surface area contributed by atoms with Gasteiger partial charge in [0, 0.05) is 43.0 Å². The summed E-state index contributed by atoms with van der Waals surface area (Å²) in [7, 11) is 1.60. The number of hydrogen-bond acceptors (Lipinski definition) is 6. The summed E-state index contributed by atoms with van der Waals surface area (Å²) in [5.41, 5.74) is 1.40. The molecule has 2 unspecified atom stereocenters. The van der Waals surface area contributed by atoms with Crippen LogP contribution in [0.25, 0.3) is 10.9 Å². The predicted molar refractivity (Wildman–Crippen MR) is 141 cm³/mol. The molecule has 8 heteroatoms. The Hall–Kier alpha value is -2.71. The highest BCUT2D eigenvalue weighted by Gasteiger charge is 2.30. The van der Waals surface area contributed by atoms with Crippen LogP contribution in [0.2, 0.25) is 0 Å². The number of alkyl halides is 1. The SMILES string of the molecule is COc1ccc2nccc([C@@H](F)CCC3CCN(CCSc4ccccn4)CC3CCC(=O)O)c2c1. The Morgan fingerprint density at radius 1 is 1.19 bits per heavy atom. The van der Waals surface area contributed by atoms with E-state index in [9.17, 15) is 9.90 Å². The molecule has 0 bridgehead atoms. The van der Waals surface area contributed by atoms with Crippen LogP contribution in [0.1, 0.15) is 43.8 Å². The van der Waals surface area contributed by atoms with Crippen molar-refractivity contribution in [1.29, 1.82) is 0 Å². The summed E-state index contributed by atoms with van der Waals surface area (Å²) in [6, 6.07) is 13.2. The van der Waals surface area contributed by atoms with E-state index in [1.165, 1.54) is 0 Å². The van der Waals surface area contributed by atoms with Gasteiger partial charge in [-0.15, -0.1) is 11.8 Å². The summed E-state index contributed by atoms with van der Waals surface area (Å²) in [6.07, 6.45) is 5.29. The largest absolute Gasteiger partial charge is 0.497 e. The first-order valence-electron chi connectivity index (χ1n) is 12.6. The molecule has 36 heavy (non-hydrogen) atoms. The maximum absolute atomic E-state index is 15.5. The van der Waals surface area contributed by atoms with Crippen molar-refractivity contribution >= 4 is 28.6 Å². The number of nitrogens with zero attached hydrogens (tertiary/aromatic N) is 3. The molecule has 0 saturated carbocycles. The van der Waals surface area contributed by atoms with Crippen LogP contribution in [0.15, 0.2) is 59.9 Å². The molecule has 0 aliphatic carbocycles. The fourth-order valence-corrected chi connectivity index (χ4v) is 6.02. The zero-order valence-corrected chi connectivity index (χ0v) is 21.5. The van der Waals surface area contributed by atoms with Crippen LogP contribution in [0.4, 0.5) is 4.39 Å². The third kappa shape index (κ3) is 7.17. The minimum absolute atomic E-state index is 0.158. The Morgan fingerprint density at radius 3 is 2.86 bits per heavy atom. The maximum Gasteiger partial charge on any atom is 0.303 e. The average molecular weight is 512 g/mol. The van der Waals surface area contributed by atoms with Crippen LogP contribution in [-0.4, -0.2) is 58.4 Å². The molecule has 4 rings (SSSR count). The Kier molecular flexibility index (Phi) is 9.53. The van der Waals surface area contributed by atoms with E-state index in [1.54, 1.807) is 37.3 Å². The molecule has 0 amide bonds. The van der Waals surface area contributed by atoms with Crippen molar-refractivity contribution in [3.05, 3.63) is 60.4 Å². The number of likely N-dealkylation sites (tertiary alicyclic amines) is 1. The molecule has 1 fully saturated rings. The van der Waals surface area contributed by atoms with Crippen molar-refractivity contribution in [2.45, 2.75) is 43.3 Å². The first kappa shape index (κ1) is 26.4. The molecule has 2 aromatic heterocycles. The van der Waals surface area contributed by atoms with E-state index >= 15 is 4.39 Å². The number of carboxylic acids is 1. The minimum Gasteiger partial charge on any atom is -0.497 e. The summed E-state index contributed by atoms with van der Waals surface area (Å²) in [5.74, 6) is 1.45. The summed E-state index contributed by atoms with van der Waals surface area (Å²) < 4.78 is 20.8. The second-order valence-electron chi connectivity index (χ2n) is 9.39. The molecule has 192 valence electrons. The van der Waals surface area contributed by atoms with Crippen LogP contribution in [-0.2, 0) is 4.79 Å². The zero-order valence-electron chi connectivity index (χ0n) is 20.7. The van der Waals surface area contributed by atoms with Gasteiger partial charge in [0.1, 0.15) is 11.9 Å². The lowest BCUT2D eigenvalue weighted by atomic mass is 9.79. The van der Waals surface area contributed by atoms with E-state index in [1.807, 2.05) is 36.4 Å². The first-order chi connectivity index (χ1) is 17.5. The number of benzene rings is 1. The number of pyridine rings is 2. The standard InChI is InChI=1S/C28H34FN3O3S/c1-35-22-7-9-26-24(18-22)23(11-14-30-26)25(29)8-5-20-12-15-32(19-21(20)6-10-28(33)34)16-17-36-27-4-2-3-13-31-27/h2-4,7,9,11,13-14,18,20-21,25H,5-6,8,10,12,15-17,19H2,1H3,(H,33,34)/t20?,21?,25-/m0/s1. The van der Waals surface area contributed by atoms with Crippen molar-refractivity contribution in [1.82, 2.24) is 14.9 Å². The zero-order chi connectivity index (χ0) is 25.3. The highest BCUT2D eigenvalue weighted by molar-refractivity contribution is 7.99. The Bertz CT molecular complexity index is 1130. The van der Waals surface area contributed by atoms with Crippen LogP contribution in [0.5, 0.6) is 5.75 Å². The number of methoxy groups -OCH3 is 1. The molecular weight excluding hydrogens is 477 g/mol. The predicted octanol–water partition coefficient (Wildman–Crippen LogP) is 6.02. The lowest BCUT2D eigenvalue weighted by molar-refractivity contribution is -0.137. The van der Waals surface area contributed by atoms with Crippen molar-refractivity contribution in [3.63, 3.8) is 0 Å². The number of halogens is 1. The molecule has 3 atom stereocenters. The summed E-state index contributed by atoms with van der Waals surface area (Å²) >= 11 is 1.74. The smallest absolute Gasteiger partial charge is 0.303 e. The fourth-order valence-electron chi connectivity index (χ4n) is 5.15. The topological polar surface area (TPSA) is 75.5 Å². The Labute approximate surface area is 216 Å². The number of aromatic nitrogens is 2. The number of aliphatic carboxylic acids is 1. The van der Waals surface area contributed by atoms with E-state index in [-0.39, 0.29) is 12.3 Å². The van der Waals surface area contributed by atoms with E-state index in [4.69, 9.17) is 4.74 Å². The molecule has 1 aliphatic heterocycles. The van der Waals surface area contributed by atoms with Gasteiger partial charge < -0.3 is 14.7 Å². The molecule has 1 saturated heterocycles. The third-order valence-corrected chi connectivity index (χ3v) is 8.03. The molecule has 1 aromatic carbocycles.